The number of rotatable bonds is 2. The SMILES string of the molecule is CC(=O)N1CCN(C2CCN(C(C)(C)C)CC2)CC1.CN1CCCN(C(=O)OC2CCN(C(C)(C)C)CC2)CC1. The molecule has 0 aromatic heterocycles. The molecule has 0 aromatic rings. The highest BCUT2D eigenvalue weighted by Crippen LogP contribution is 2.24. The molecule has 0 unspecified atom stereocenters. The van der Waals surface area contributed by atoms with Gasteiger partial charge in [0.2, 0.25) is 5.91 Å². The molecule has 9 nitrogen and oxygen atoms in total. The van der Waals surface area contributed by atoms with Gasteiger partial charge in [-0.25, -0.2) is 4.79 Å². The first-order valence-corrected chi connectivity index (χ1v) is 15.9. The summed E-state index contributed by atoms with van der Waals surface area (Å²) in [6, 6.07) is 0.729. The van der Waals surface area contributed by atoms with Crippen molar-refractivity contribution < 1.29 is 14.3 Å². The van der Waals surface area contributed by atoms with E-state index in [2.05, 4.69) is 68.2 Å². The second kappa shape index (κ2) is 14.7. The molecular weight excluding hydrogens is 504 g/mol. The summed E-state index contributed by atoms with van der Waals surface area (Å²) in [5.41, 5.74) is 0.517. The average Bonchev–Trinajstić information content (AvgIpc) is 3.13. The van der Waals surface area contributed by atoms with Gasteiger partial charge in [0.25, 0.3) is 0 Å². The Kier molecular flexibility index (Phi) is 12.1. The van der Waals surface area contributed by atoms with E-state index in [0.29, 0.717) is 5.54 Å². The first kappa shape index (κ1) is 33.1. The molecule has 232 valence electrons. The minimum atomic E-state index is -0.112. The molecule has 4 rings (SSSR count). The largest absolute Gasteiger partial charge is 0.446 e. The molecule has 0 spiro atoms. The molecule has 2 amide bonds. The van der Waals surface area contributed by atoms with Gasteiger partial charge >= 0.3 is 6.09 Å². The van der Waals surface area contributed by atoms with E-state index in [0.717, 1.165) is 90.8 Å². The lowest BCUT2D eigenvalue weighted by molar-refractivity contribution is -0.131. The van der Waals surface area contributed by atoms with Gasteiger partial charge in [-0.1, -0.05) is 0 Å². The smallest absolute Gasteiger partial charge is 0.410 e. The van der Waals surface area contributed by atoms with Crippen molar-refractivity contribution in [3.05, 3.63) is 0 Å². The van der Waals surface area contributed by atoms with Crippen LogP contribution in [0.1, 0.15) is 80.6 Å². The van der Waals surface area contributed by atoms with E-state index in [1.54, 1.807) is 6.92 Å². The lowest BCUT2D eigenvalue weighted by Crippen LogP contribution is -2.55. The number of carbonyl (C=O) groups is 2. The van der Waals surface area contributed by atoms with Crippen LogP contribution in [-0.2, 0) is 9.53 Å². The van der Waals surface area contributed by atoms with Crippen LogP contribution >= 0.6 is 0 Å². The molecule has 0 radical (unpaired) electrons. The lowest BCUT2D eigenvalue weighted by Gasteiger charge is -2.45. The van der Waals surface area contributed by atoms with Crippen molar-refractivity contribution in [3.63, 3.8) is 0 Å². The van der Waals surface area contributed by atoms with Crippen LogP contribution in [0.25, 0.3) is 0 Å². The fraction of sp³-hybridized carbons (Fsp3) is 0.935. The van der Waals surface area contributed by atoms with Crippen LogP contribution in [0, 0.1) is 0 Å². The Labute approximate surface area is 245 Å². The molecular formula is C31H60N6O3. The van der Waals surface area contributed by atoms with Gasteiger partial charge in [0, 0.05) is 96.0 Å². The van der Waals surface area contributed by atoms with Crippen LogP contribution in [0.4, 0.5) is 4.79 Å². The fourth-order valence-corrected chi connectivity index (χ4v) is 6.39. The summed E-state index contributed by atoms with van der Waals surface area (Å²) < 4.78 is 5.72. The van der Waals surface area contributed by atoms with E-state index in [-0.39, 0.29) is 23.6 Å². The van der Waals surface area contributed by atoms with Crippen LogP contribution in [-0.4, -0.2) is 150 Å². The molecule has 0 N–H and O–H groups in total. The molecule has 0 bridgehead atoms. The molecule has 0 saturated carbocycles. The fourth-order valence-electron chi connectivity index (χ4n) is 6.39. The van der Waals surface area contributed by atoms with Gasteiger partial charge in [-0.15, -0.1) is 0 Å². The molecule has 40 heavy (non-hydrogen) atoms. The van der Waals surface area contributed by atoms with E-state index < -0.39 is 0 Å². The Balaban J connectivity index is 0.000000222. The predicted molar refractivity (Wildman–Crippen MR) is 163 cm³/mol. The number of ether oxygens (including phenoxy) is 1. The number of piperidine rings is 2. The Morgan fingerprint density at radius 3 is 1.62 bits per heavy atom. The summed E-state index contributed by atoms with van der Waals surface area (Å²) in [5.74, 6) is 0.224. The maximum Gasteiger partial charge on any atom is 0.410 e. The van der Waals surface area contributed by atoms with Crippen molar-refractivity contribution in [3.8, 4) is 0 Å². The molecule has 0 atom stereocenters. The summed E-state index contributed by atoms with van der Waals surface area (Å²) in [5, 5.41) is 0. The van der Waals surface area contributed by atoms with E-state index >= 15 is 0 Å². The van der Waals surface area contributed by atoms with Crippen molar-refractivity contribution in [2.24, 2.45) is 0 Å². The topological polar surface area (TPSA) is 62.8 Å². The van der Waals surface area contributed by atoms with E-state index in [9.17, 15) is 9.59 Å². The van der Waals surface area contributed by atoms with Crippen molar-refractivity contribution in [2.75, 3.05) is 85.6 Å². The van der Waals surface area contributed by atoms with Crippen molar-refractivity contribution in [1.82, 2.24) is 29.4 Å². The second-order valence-electron chi connectivity index (χ2n) is 14.3. The quantitative estimate of drug-likeness (QED) is 0.509. The number of likely N-dealkylation sites (N-methyl/N-ethyl adjacent to an activating group) is 1. The Morgan fingerprint density at radius 1 is 0.625 bits per heavy atom. The van der Waals surface area contributed by atoms with Gasteiger partial charge < -0.3 is 19.4 Å². The lowest BCUT2D eigenvalue weighted by atomic mass is 9.96. The number of likely N-dealkylation sites (tertiary alicyclic amines) is 2. The van der Waals surface area contributed by atoms with Crippen LogP contribution in [0.3, 0.4) is 0 Å². The highest BCUT2D eigenvalue weighted by molar-refractivity contribution is 5.73. The Bertz CT molecular complexity index is 786. The Morgan fingerprint density at radius 2 is 1.12 bits per heavy atom. The predicted octanol–water partition coefficient (Wildman–Crippen LogP) is 3.44. The highest BCUT2D eigenvalue weighted by Gasteiger charge is 2.32. The van der Waals surface area contributed by atoms with Gasteiger partial charge in [0.1, 0.15) is 6.10 Å². The van der Waals surface area contributed by atoms with E-state index in [4.69, 9.17) is 4.74 Å². The zero-order valence-corrected chi connectivity index (χ0v) is 27.1. The number of amides is 2. The highest BCUT2D eigenvalue weighted by atomic mass is 16.6. The number of hydrogen-bond acceptors (Lipinski definition) is 7. The number of nitrogens with zero attached hydrogens (tertiary/aromatic N) is 6. The molecule has 4 saturated heterocycles. The third kappa shape index (κ3) is 10.1. The maximum absolute atomic E-state index is 12.3. The van der Waals surface area contributed by atoms with Crippen molar-refractivity contribution >= 4 is 12.0 Å². The monoisotopic (exact) mass is 564 g/mol. The summed E-state index contributed by atoms with van der Waals surface area (Å²) in [4.78, 5) is 37.4. The third-order valence-corrected chi connectivity index (χ3v) is 9.33. The van der Waals surface area contributed by atoms with Gasteiger partial charge in [-0.05, 0) is 87.2 Å². The van der Waals surface area contributed by atoms with Crippen LogP contribution in [0.15, 0.2) is 0 Å². The van der Waals surface area contributed by atoms with E-state index in [1.165, 1.54) is 25.9 Å². The number of piperazine rings is 1. The maximum atomic E-state index is 12.3. The van der Waals surface area contributed by atoms with Gasteiger partial charge in [-0.2, -0.15) is 0 Å². The van der Waals surface area contributed by atoms with Crippen LogP contribution < -0.4 is 0 Å². The average molecular weight is 565 g/mol. The summed E-state index contributed by atoms with van der Waals surface area (Å²) in [6.45, 7) is 27.3. The second-order valence-corrected chi connectivity index (χ2v) is 14.3. The minimum Gasteiger partial charge on any atom is -0.446 e. The van der Waals surface area contributed by atoms with Crippen LogP contribution in [0.2, 0.25) is 0 Å². The molecule has 0 aliphatic carbocycles. The number of carbonyl (C=O) groups excluding carboxylic acids is 2. The van der Waals surface area contributed by atoms with Crippen molar-refractivity contribution in [2.45, 2.75) is 104 Å². The molecule has 0 aromatic carbocycles. The molecule has 4 aliphatic rings. The summed E-state index contributed by atoms with van der Waals surface area (Å²) >= 11 is 0. The summed E-state index contributed by atoms with van der Waals surface area (Å²) in [7, 11) is 2.11. The first-order chi connectivity index (χ1) is 18.7. The molecule has 9 heteroatoms. The van der Waals surface area contributed by atoms with E-state index in [1.807, 2.05) is 9.80 Å². The van der Waals surface area contributed by atoms with Gasteiger partial charge in [0.15, 0.2) is 0 Å². The zero-order chi connectivity index (χ0) is 29.5. The third-order valence-electron chi connectivity index (χ3n) is 9.33. The molecule has 4 fully saturated rings. The number of hydrogen-bond donors (Lipinski definition) is 0. The van der Waals surface area contributed by atoms with Gasteiger partial charge in [-0.3, -0.25) is 19.5 Å². The van der Waals surface area contributed by atoms with Gasteiger partial charge in [0.05, 0.1) is 0 Å². The first-order valence-electron chi connectivity index (χ1n) is 15.9. The zero-order valence-electron chi connectivity index (χ0n) is 27.1. The molecule has 4 aliphatic heterocycles. The standard InChI is InChI=1S/C16H31N3O2.C15H29N3O/c1-16(2,3)19-10-6-14(7-11-19)21-15(20)18-9-5-8-17(4)12-13-18;1-13(19)16-9-11-17(12-10-16)14-5-7-18(8-6-14)15(2,3)4/h14H,5-13H2,1-4H3;14H,5-12H2,1-4H3. The minimum absolute atomic E-state index is 0.0945. The van der Waals surface area contributed by atoms with Crippen LogP contribution in [0.5, 0.6) is 0 Å². The normalized spacial score (nSPS) is 24.3. The molecule has 4 heterocycles. The Hall–Kier alpha value is -1.42. The van der Waals surface area contributed by atoms with Crippen molar-refractivity contribution in [1.29, 1.82) is 0 Å². The summed E-state index contributed by atoms with van der Waals surface area (Å²) in [6.07, 6.45) is 5.48.